The highest BCUT2D eigenvalue weighted by Crippen LogP contribution is 2.33. The average molecular weight is 300 g/mol. The summed E-state index contributed by atoms with van der Waals surface area (Å²) in [4.78, 5) is 23.8. The number of nitrogens with one attached hydrogen (secondary N) is 1. The summed E-state index contributed by atoms with van der Waals surface area (Å²) < 4.78 is 1.92. The first-order chi connectivity index (χ1) is 10.5. The Morgan fingerprint density at radius 2 is 1.95 bits per heavy atom. The molecule has 2 aromatic rings. The van der Waals surface area contributed by atoms with Gasteiger partial charge in [0.15, 0.2) is 0 Å². The van der Waals surface area contributed by atoms with Crippen molar-refractivity contribution in [2.24, 2.45) is 7.05 Å². The van der Waals surface area contributed by atoms with Gasteiger partial charge in [-0.15, -0.1) is 0 Å². The third-order valence-electron chi connectivity index (χ3n) is 4.57. The van der Waals surface area contributed by atoms with Crippen LogP contribution in [0.1, 0.15) is 42.5 Å². The van der Waals surface area contributed by atoms with E-state index in [1.807, 2.05) is 42.1 Å². The van der Waals surface area contributed by atoms with Crippen LogP contribution in [-0.4, -0.2) is 27.1 Å². The minimum absolute atomic E-state index is 0.0104. The highest BCUT2D eigenvalue weighted by atomic mass is 16.4. The monoisotopic (exact) mass is 300 g/mol. The predicted octanol–water partition coefficient (Wildman–Crippen LogP) is 2.70. The van der Waals surface area contributed by atoms with Gasteiger partial charge >= 0.3 is 5.97 Å². The zero-order valence-electron chi connectivity index (χ0n) is 12.6. The Labute approximate surface area is 128 Å². The standard InChI is InChI=1S/C17H20N2O3/c1-19-11-13(12-6-2-3-7-14(12)19)16(22)18-17(10-15(20)21)8-4-5-9-17/h2-3,6-7,11H,4-5,8-10H2,1H3,(H,18,22)(H,20,21). The Bertz CT molecular complexity index is 727. The molecule has 3 rings (SSSR count). The van der Waals surface area contributed by atoms with Crippen LogP contribution in [0.5, 0.6) is 0 Å². The number of aromatic nitrogens is 1. The number of amides is 1. The zero-order valence-corrected chi connectivity index (χ0v) is 12.6. The van der Waals surface area contributed by atoms with Crippen LogP contribution in [0.15, 0.2) is 30.5 Å². The molecule has 1 aliphatic rings. The molecule has 1 aromatic carbocycles. The molecule has 0 spiro atoms. The number of para-hydroxylation sites is 1. The average Bonchev–Trinajstić information content (AvgIpc) is 3.04. The summed E-state index contributed by atoms with van der Waals surface area (Å²) >= 11 is 0. The molecule has 22 heavy (non-hydrogen) atoms. The summed E-state index contributed by atoms with van der Waals surface area (Å²) in [6.45, 7) is 0. The summed E-state index contributed by atoms with van der Waals surface area (Å²) in [6.07, 6.45) is 5.19. The van der Waals surface area contributed by atoms with Crippen molar-refractivity contribution in [3.63, 3.8) is 0 Å². The lowest BCUT2D eigenvalue weighted by atomic mass is 9.92. The van der Waals surface area contributed by atoms with Gasteiger partial charge in [-0.25, -0.2) is 0 Å². The fraction of sp³-hybridized carbons (Fsp3) is 0.412. The molecule has 1 fully saturated rings. The van der Waals surface area contributed by atoms with E-state index in [4.69, 9.17) is 5.11 Å². The summed E-state index contributed by atoms with van der Waals surface area (Å²) in [5.41, 5.74) is 1.00. The first-order valence-corrected chi connectivity index (χ1v) is 7.59. The first kappa shape index (κ1) is 14.6. The molecule has 2 N–H and O–H groups in total. The van der Waals surface area contributed by atoms with E-state index in [1.165, 1.54) is 0 Å². The molecule has 1 aromatic heterocycles. The van der Waals surface area contributed by atoms with E-state index in [9.17, 15) is 9.59 Å². The molecule has 0 radical (unpaired) electrons. The van der Waals surface area contributed by atoms with Crippen molar-refractivity contribution in [3.8, 4) is 0 Å². The van der Waals surface area contributed by atoms with Gasteiger partial charge in [0.05, 0.1) is 17.5 Å². The molecular weight excluding hydrogens is 280 g/mol. The number of carboxylic acids is 1. The fourth-order valence-electron chi connectivity index (χ4n) is 3.52. The molecule has 0 unspecified atom stereocenters. The number of hydrogen-bond acceptors (Lipinski definition) is 2. The summed E-state index contributed by atoms with van der Waals surface area (Å²) in [5, 5.41) is 13.0. The molecule has 5 nitrogen and oxygen atoms in total. The third-order valence-corrected chi connectivity index (χ3v) is 4.57. The predicted molar refractivity (Wildman–Crippen MR) is 83.8 cm³/mol. The topological polar surface area (TPSA) is 71.3 Å². The maximum atomic E-state index is 12.7. The first-order valence-electron chi connectivity index (χ1n) is 7.59. The molecule has 1 amide bonds. The number of nitrogens with zero attached hydrogens (tertiary/aromatic N) is 1. The van der Waals surface area contributed by atoms with Crippen LogP contribution in [0, 0.1) is 0 Å². The normalized spacial score (nSPS) is 16.8. The SMILES string of the molecule is Cn1cc(C(=O)NC2(CC(=O)O)CCCC2)c2ccccc21. The van der Waals surface area contributed by atoms with Crippen molar-refractivity contribution < 1.29 is 14.7 Å². The number of fused-ring (bicyclic) bond motifs is 1. The number of rotatable bonds is 4. The third kappa shape index (κ3) is 2.58. The van der Waals surface area contributed by atoms with Crippen LogP contribution in [0.3, 0.4) is 0 Å². The molecule has 1 saturated carbocycles. The largest absolute Gasteiger partial charge is 0.481 e. The minimum Gasteiger partial charge on any atom is -0.481 e. The molecule has 0 aliphatic heterocycles. The number of hydrogen-bond donors (Lipinski definition) is 2. The second-order valence-corrected chi connectivity index (χ2v) is 6.18. The van der Waals surface area contributed by atoms with E-state index < -0.39 is 11.5 Å². The molecule has 0 atom stereocenters. The van der Waals surface area contributed by atoms with Gasteiger partial charge in [0.2, 0.25) is 0 Å². The van der Waals surface area contributed by atoms with E-state index in [0.29, 0.717) is 5.56 Å². The van der Waals surface area contributed by atoms with Crippen LogP contribution < -0.4 is 5.32 Å². The van der Waals surface area contributed by atoms with Crippen LogP contribution in [-0.2, 0) is 11.8 Å². The van der Waals surface area contributed by atoms with Gasteiger partial charge in [-0.1, -0.05) is 31.0 Å². The van der Waals surface area contributed by atoms with Crippen LogP contribution in [0.4, 0.5) is 0 Å². The quantitative estimate of drug-likeness (QED) is 0.912. The Balaban J connectivity index is 1.91. The Morgan fingerprint density at radius 1 is 1.27 bits per heavy atom. The smallest absolute Gasteiger partial charge is 0.305 e. The maximum absolute atomic E-state index is 12.7. The zero-order chi connectivity index (χ0) is 15.7. The number of aryl methyl sites for hydroxylation is 1. The molecule has 1 heterocycles. The molecule has 116 valence electrons. The Hall–Kier alpha value is -2.30. The number of carboxylic acid groups (broad SMARTS) is 1. The van der Waals surface area contributed by atoms with E-state index >= 15 is 0 Å². The van der Waals surface area contributed by atoms with Gasteiger partial charge in [-0.3, -0.25) is 9.59 Å². The van der Waals surface area contributed by atoms with Crippen LogP contribution in [0.25, 0.3) is 10.9 Å². The lowest BCUT2D eigenvalue weighted by molar-refractivity contribution is -0.138. The van der Waals surface area contributed by atoms with Gasteiger partial charge in [0.25, 0.3) is 5.91 Å². The van der Waals surface area contributed by atoms with E-state index in [2.05, 4.69) is 5.32 Å². The van der Waals surface area contributed by atoms with Gasteiger partial charge in [-0.2, -0.15) is 0 Å². The number of carbonyl (C=O) groups is 2. The van der Waals surface area contributed by atoms with Crippen molar-refractivity contribution >= 4 is 22.8 Å². The van der Waals surface area contributed by atoms with Crippen LogP contribution in [0.2, 0.25) is 0 Å². The van der Waals surface area contributed by atoms with Gasteiger partial charge in [0.1, 0.15) is 0 Å². The van der Waals surface area contributed by atoms with Gasteiger partial charge in [0, 0.05) is 24.1 Å². The molecule has 0 saturated heterocycles. The highest BCUT2D eigenvalue weighted by molar-refractivity contribution is 6.07. The lowest BCUT2D eigenvalue weighted by Crippen LogP contribution is -2.47. The second kappa shape index (κ2) is 5.48. The summed E-state index contributed by atoms with van der Waals surface area (Å²) in [7, 11) is 1.90. The Morgan fingerprint density at radius 3 is 2.64 bits per heavy atom. The molecule has 5 heteroatoms. The minimum atomic E-state index is -0.861. The van der Waals surface area contributed by atoms with Gasteiger partial charge in [-0.05, 0) is 18.9 Å². The lowest BCUT2D eigenvalue weighted by Gasteiger charge is -2.28. The maximum Gasteiger partial charge on any atom is 0.305 e. The summed E-state index contributed by atoms with van der Waals surface area (Å²) in [5.74, 6) is -1.04. The molecular formula is C17H20N2O3. The van der Waals surface area contributed by atoms with E-state index in [0.717, 1.165) is 36.6 Å². The number of benzene rings is 1. The van der Waals surface area contributed by atoms with Crippen molar-refractivity contribution in [2.45, 2.75) is 37.6 Å². The van der Waals surface area contributed by atoms with Crippen molar-refractivity contribution in [3.05, 3.63) is 36.0 Å². The van der Waals surface area contributed by atoms with Crippen molar-refractivity contribution in [1.82, 2.24) is 9.88 Å². The number of carbonyl (C=O) groups excluding carboxylic acids is 1. The Kier molecular flexibility index (Phi) is 3.64. The van der Waals surface area contributed by atoms with Crippen molar-refractivity contribution in [2.75, 3.05) is 0 Å². The van der Waals surface area contributed by atoms with E-state index in [-0.39, 0.29) is 12.3 Å². The van der Waals surface area contributed by atoms with E-state index in [1.54, 1.807) is 0 Å². The number of aliphatic carboxylic acids is 1. The fourth-order valence-corrected chi connectivity index (χ4v) is 3.52. The molecule has 0 bridgehead atoms. The summed E-state index contributed by atoms with van der Waals surface area (Å²) in [6, 6.07) is 7.73. The second-order valence-electron chi connectivity index (χ2n) is 6.18. The highest BCUT2D eigenvalue weighted by Gasteiger charge is 2.38. The van der Waals surface area contributed by atoms with Crippen LogP contribution >= 0.6 is 0 Å². The van der Waals surface area contributed by atoms with Gasteiger partial charge < -0.3 is 15.0 Å². The molecule has 1 aliphatic carbocycles. The van der Waals surface area contributed by atoms with Crippen molar-refractivity contribution in [1.29, 1.82) is 0 Å².